The van der Waals surface area contributed by atoms with Crippen molar-refractivity contribution in [3.63, 3.8) is 0 Å². The first-order valence-electron chi connectivity index (χ1n) is 13.1. The molecule has 1 unspecified atom stereocenters. The van der Waals surface area contributed by atoms with Crippen molar-refractivity contribution in [2.24, 2.45) is 0 Å². The lowest BCUT2D eigenvalue weighted by atomic mass is 10.0. The number of aryl methyl sites for hydroxylation is 1. The number of allylic oxidation sites excluding steroid dienone is 9. The van der Waals surface area contributed by atoms with Gasteiger partial charge in [-0.15, -0.1) is 0 Å². The molecule has 194 valence electrons. The highest BCUT2D eigenvalue weighted by Crippen LogP contribution is 2.20. The van der Waals surface area contributed by atoms with Crippen molar-refractivity contribution in [3.8, 4) is 6.07 Å². The lowest BCUT2D eigenvalue weighted by Gasteiger charge is -2.32. The molecule has 1 atom stereocenters. The molecule has 1 saturated heterocycles. The Labute approximate surface area is 217 Å². The summed E-state index contributed by atoms with van der Waals surface area (Å²) in [6, 6.07) is 4.01. The zero-order chi connectivity index (χ0) is 26.3. The molecule has 1 aliphatic heterocycles. The van der Waals surface area contributed by atoms with E-state index in [0.717, 1.165) is 60.6 Å². The minimum atomic E-state index is -0.0358. The van der Waals surface area contributed by atoms with Crippen molar-refractivity contribution >= 4 is 0 Å². The first-order chi connectivity index (χ1) is 17.4. The Morgan fingerprint density at radius 1 is 1.31 bits per heavy atom. The standard InChI is InChI=1S/C30H42N4O2/c1-6-9-10-12-27(15-16-31)21-26(8-3)14-13-24(4)23-34-29(11-7-2)32-28(22-30(34)35)25(5)33-17-19-36-20-18-33/h8-10,12-14,22,25H,4,6-7,11,15,17-21,23H2,1-3,5H3/b10-9-,14-13-,26-8?,27-12+. The molecule has 0 amide bonds. The quantitative estimate of drug-likeness (QED) is 0.325. The molecular weight excluding hydrogens is 448 g/mol. The maximum atomic E-state index is 13.2. The molecule has 0 spiro atoms. The van der Waals surface area contributed by atoms with Crippen molar-refractivity contribution < 1.29 is 4.74 Å². The monoisotopic (exact) mass is 490 g/mol. The van der Waals surface area contributed by atoms with Crippen LogP contribution in [0, 0.1) is 11.3 Å². The number of ether oxygens (including phenoxy) is 1. The highest BCUT2D eigenvalue weighted by Gasteiger charge is 2.21. The average Bonchev–Trinajstić information content (AvgIpc) is 2.88. The van der Waals surface area contributed by atoms with E-state index in [0.29, 0.717) is 32.6 Å². The van der Waals surface area contributed by atoms with Crippen LogP contribution in [0.2, 0.25) is 0 Å². The van der Waals surface area contributed by atoms with Gasteiger partial charge < -0.3 is 4.74 Å². The van der Waals surface area contributed by atoms with Crippen molar-refractivity contribution in [2.75, 3.05) is 26.3 Å². The lowest BCUT2D eigenvalue weighted by molar-refractivity contribution is 0.0189. The van der Waals surface area contributed by atoms with Crippen LogP contribution in [0.5, 0.6) is 0 Å². The van der Waals surface area contributed by atoms with Gasteiger partial charge in [-0.2, -0.15) is 5.26 Å². The average molecular weight is 491 g/mol. The number of morpholine rings is 1. The van der Waals surface area contributed by atoms with Gasteiger partial charge in [0.25, 0.3) is 5.56 Å². The van der Waals surface area contributed by atoms with Gasteiger partial charge in [-0.3, -0.25) is 14.3 Å². The van der Waals surface area contributed by atoms with Crippen molar-refractivity contribution in [3.05, 3.63) is 87.7 Å². The molecular formula is C30H42N4O2. The maximum absolute atomic E-state index is 13.2. The van der Waals surface area contributed by atoms with Crippen molar-refractivity contribution in [2.45, 2.75) is 72.4 Å². The normalized spacial score (nSPS) is 16.5. The molecule has 1 fully saturated rings. The molecule has 0 bridgehead atoms. The van der Waals surface area contributed by atoms with Crippen molar-refractivity contribution in [1.82, 2.24) is 14.5 Å². The topological polar surface area (TPSA) is 71.2 Å². The third-order valence-electron chi connectivity index (χ3n) is 6.31. The van der Waals surface area contributed by atoms with E-state index in [-0.39, 0.29) is 11.6 Å². The highest BCUT2D eigenvalue weighted by atomic mass is 16.5. The SMILES string of the molecule is C=C(/C=C\C(=CC)C/C(=C/C=C\CC)CC#N)Cn1c(CCC)nc(C(C)N2CCOCC2)cc1=O. The van der Waals surface area contributed by atoms with Gasteiger partial charge >= 0.3 is 0 Å². The fourth-order valence-corrected chi connectivity index (χ4v) is 4.14. The molecule has 1 aromatic heterocycles. The molecule has 0 N–H and O–H groups in total. The third kappa shape index (κ3) is 9.22. The summed E-state index contributed by atoms with van der Waals surface area (Å²) in [5.74, 6) is 0.808. The summed E-state index contributed by atoms with van der Waals surface area (Å²) in [7, 11) is 0. The molecule has 6 nitrogen and oxygen atoms in total. The van der Waals surface area contributed by atoms with Crippen molar-refractivity contribution in [1.29, 1.82) is 5.26 Å². The molecule has 1 aromatic rings. The van der Waals surface area contributed by atoms with Crippen LogP contribution in [-0.4, -0.2) is 40.8 Å². The summed E-state index contributed by atoms with van der Waals surface area (Å²) >= 11 is 0. The smallest absolute Gasteiger partial charge is 0.254 e. The molecule has 2 heterocycles. The Kier molecular flexibility index (Phi) is 12.9. The summed E-state index contributed by atoms with van der Waals surface area (Å²) in [4.78, 5) is 20.4. The summed E-state index contributed by atoms with van der Waals surface area (Å²) in [6.07, 6.45) is 15.9. The van der Waals surface area contributed by atoms with Crippen LogP contribution in [0.15, 0.2) is 70.6 Å². The fraction of sp³-hybridized carbons (Fsp3) is 0.500. The van der Waals surface area contributed by atoms with Gasteiger partial charge in [0.05, 0.1) is 37.9 Å². The highest BCUT2D eigenvalue weighted by molar-refractivity contribution is 5.32. The van der Waals surface area contributed by atoms with Gasteiger partial charge in [0, 0.05) is 31.6 Å². The maximum Gasteiger partial charge on any atom is 0.254 e. The summed E-state index contributed by atoms with van der Waals surface area (Å²) < 4.78 is 7.22. The van der Waals surface area contributed by atoms with Crippen LogP contribution in [0.25, 0.3) is 0 Å². The van der Waals surface area contributed by atoms with E-state index >= 15 is 0 Å². The second-order valence-electron chi connectivity index (χ2n) is 9.12. The van der Waals surface area contributed by atoms with Crippen LogP contribution in [0.4, 0.5) is 0 Å². The largest absolute Gasteiger partial charge is 0.379 e. The first kappa shape index (κ1) is 29.2. The molecule has 0 radical (unpaired) electrons. The summed E-state index contributed by atoms with van der Waals surface area (Å²) in [5.41, 5.74) is 3.80. The summed E-state index contributed by atoms with van der Waals surface area (Å²) in [6.45, 7) is 16.0. The molecule has 0 aliphatic carbocycles. The predicted octanol–water partition coefficient (Wildman–Crippen LogP) is 5.84. The van der Waals surface area contributed by atoms with E-state index in [1.807, 2.05) is 31.2 Å². The molecule has 2 rings (SSSR count). The fourth-order valence-electron chi connectivity index (χ4n) is 4.14. The minimum Gasteiger partial charge on any atom is -0.379 e. The van der Waals surface area contributed by atoms with E-state index in [9.17, 15) is 10.1 Å². The van der Waals surface area contributed by atoms with Gasteiger partial charge in [-0.25, -0.2) is 4.98 Å². The lowest BCUT2D eigenvalue weighted by Crippen LogP contribution is -2.39. The van der Waals surface area contributed by atoms with Gasteiger partial charge in [0.2, 0.25) is 0 Å². The Bertz CT molecular complexity index is 1080. The molecule has 6 heteroatoms. The van der Waals surface area contributed by atoms with E-state index in [1.54, 1.807) is 10.6 Å². The van der Waals surface area contributed by atoms with Gasteiger partial charge in [-0.05, 0) is 44.3 Å². The minimum absolute atomic E-state index is 0.0358. The molecule has 1 aliphatic rings. The van der Waals surface area contributed by atoms with E-state index in [2.05, 4.69) is 50.5 Å². The third-order valence-corrected chi connectivity index (χ3v) is 6.31. The molecule has 0 saturated carbocycles. The second kappa shape index (κ2) is 15.9. The number of rotatable bonds is 13. The van der Waals surface area contributed by atoms with Gasteiger partial charge in [0.15, 0.2) is 0 Å². The number of hydrogen-bond acceptors (Lipinski definition) is 5. The number of nitriles is 1. The number of nitrogens with zero attached hydrogens (tertiary/aromatic N) is 4. The van der Waals surface area contributed by atoms with Crippen LogP contribution >= 0.6 is 0 Å². The van der Waals surface area contributed by atoms with Gasteiger partial charge in [0.1, 0.15) is 5.82 Å². The number of hydrogen-bond donors (Lipinski definition) is 0. The van der Waals surface area contributed by atoms with E-state index in [4.69, 9.17) is 9.72 Å². The first-order valence-corrected chi connectivity index (χ1v) is 13.1. The van der Waals surface area contributed by atoms with Crippen LogP contribution in [0.1, 0.15) is 70.9 Å². The number of aromatic nitrogens is 2. The van der Waals surface area contributed by atoms with Crippen LogP contribution < -0.4 is 5.56 Å². The van der Waals surface area contributed by atoms with E-state index in [1.165, 1.54) is 0 Å². The van der Waals surface area contributed by atoms with Gasteiger partial charge in [-0.1, -0.05) is 62.5 Å². The predicted molar refractivity (Wildman–Crippen MR) is 148 cm³/mol. The Hall–Kier alpha value is -3.01. The Morgan fingerprint density at radius 2 is 2.06 bits per heavy atom. The van der Waals surface area contributed by atoms with Crippen LogP contribution in [0.3, 0.4) is 0 Å². The Morgan fingerprint density at radius 3 is 2.69 bits per heavy atom. The second-order valence-corrected chi connectivity index (χ2v) is 9.12. The van der Waals surface area contributed by atoms with E-state index < -0.39 is 0 Å². The molecule has 0 aromatic carbocycles. The Balaban J connectivity index is 2.17. The molecule has 36 heavy (non-hydrogen) atoms. The zero-order valence-electron chi connectivity index (χ0n) is 22.5. The van der Waals surface area contributed by atoms with Crippen LogP contribution in [-0.2, 0) is 17.7 Å². The zero-order valence-corrected chi connectivity index (χ0v) is 22.5. The summed E-state index contributed by atoms with van der Waals surface area (Å²) in [5, 5.41) is 9.17.